The molecule has 90 valence electrons. The summed E-state index contributed by atoms with van der Waals surface area (Å²) in [4.78, 5) is 11.7. The predicted octanol–water partition coefficient (Wildman–Crippen LogP) is 1.87. The van der Waals surface area contributed by atoms with Crippen LogP contribution in [0, 0.1) is 6.92 Å². The molecule has 0 fully saturated rings. The van der Waals surface area contributed by atoms with E-state index in [0.29, 0.717) is 18.6 Å². The normalized spacial score (nSPS) is 11.5. The first kappa shape index (κ1) is 12.8. The Bertz CT molecular complexity index is 353. The van der Waals surface area contributed by atoms with Gasteiger partial charge in [0.2, 0.25) is 0 Å². The summed E-state index contributed by atoms with van der Waals surface area (Å²) in [5.41, 5.74) is -0.0232. The van der Waals surface area contributed by atoms with E-state index < -0.39 is 5.60 Å². The largest absolute Gasteiger partial charge is 0.459 e. The van der Waals surface area contributed by atoms with E-state index >= 15 is 0 Å². The lowest BCUT2D eigenvalue weighted by molar-refractivity contribution is 0.0309. The third-order valence-electron chi connectivity index (χ3n) is 2.96. The quantitative estimate of drug-likeness (QED) is 0.804. The SMILES string of the molecule is CCC(O)(CC)CNC(=O)c1occc1C. The van der Waals surface area contributed by atoms with E-state index in [2.05, 4.69) is 5.32 Å². The smallest absolute Gasteiger partial charge is 0.287 e. The molecule has 0 radical (unpaired) electrons. The molecule has 16 heavy (non-hydrogen) atoms. The van der Waals surface area contributed by atoms with E-state index in [9.17, 15) is 9.90 Å². The van der Waals surface area contributed by atoms with Crippen LogP contribution in [-0.4, -0.2) is 23.2 Å². The van der Waals surface area contributed by atoms with E-state index in [-0.39, 0.29) is 12.5 Å². The highest BCUT2D eigenvalue weighted by Gasteiger charge is 2.24. The standard InChI is InChI=1S/C12H19NO3/c1-4-12(15,5-2)8-13-11(14)10-9(3)6-7-16-10/h6-7,15H,4-5,8H2,1-3H3,(H,13,14). The second-order valence-electron chi connectivity index (χ2n) is 4.05. The molecule has 0 spiro atoms. The van der Waals surface area contributed by atoms with Crippen molar-refractivity contribution in [2.75, 3.05) is 6.54 Å². The minimum atomic E-state index is -0.823. The molecule has 0 saturated heterocycles. The van der Waals surface area contributed by atoms with Gasteiger partial charge >= 0.3 is 0 Å². The van der Waals surface area contributed by atoms with Gasteiger partial charge in [0.25, 0.3) is 5.91 Å². The Hall–Kier alpha value is -1.29. The number of hydrogen-bond donors (Lipinski definition) is 2. The molecule has 1 rings (SSSR count). The molecule has 0 saturated carbocycles. The molecule has 0 aliphatic rings. The zero-order chi connectivity index (χ0) is 12.2. The molecule has 1 heterocycles. The van der Waals surface area contributed by atoms with E-state index in [1.165, 1.54) is 6.26 Å². The van der Waals surface area contributed by atoms with Crippen molar-refractivity contribution in [3.05, 3.63) is 23.7 Å². The number of carbonyl (C=O) groups is 1. The first-order valence-electron chi connectivity index (χ1n) is 5.57. The third kappa shape index (κ3) is 2.85. The second kappa shape index (κ2) is 5.16. The zero-order valence-corrected chi connectivity index (χ0v) is 10.0. The molecule has 4 nitrogen and oxygen atoms in total. The Morgan fingerprint density at radius 2 is 2.12 bits per heavy atom. The van der Waals surface area contributed by atoms with Crippen LogP contribution < -0.4 is 5.32 Å². The first-order chi connectivity index (χ1) is 7.52. The molecule has 1 aromatic rings. The fraction of sp³-hybridized carbons (Fsp3) is 0.583. The molecular formula is C12H19NO3. The molecule has 0 aromatic carbocycles. The minimum Gasteiger partial charge on any atom is -0.459 e. The lowest BCUT2D eigenvalue weighted by atomic mass is 9.97. The number of aryl methyl sites for hydroxylation is 1. The van der Waals surface area contributed by atoms with E-state index in [1.54, 1.807) is 6.07 Å². The lowest BCUT2D eigenvalue weighted by Gasteiger charge is -2.25. The van der Waals surface area contributed by atoms with Gasteiger partial charge in [0.1, 0.15) is 0 Å². The maximum Gasteiger partial charge on any atom is 0.287 e. The molecule has 2 N–H and O–H groups in total. The van der Waals surface area contributed by atoms with E-state index in [0.717, 1.165) is 5.56 Å². The van der Waals surface area contributed by atoms with Gasteiger partial charge in [-0.3, -0.25) is 4.79 Å². The van der Waals surface area contributed by atoms with Crippen molar-refractivity contribution >= 4 is 5.91 Å². The summed E-state index contributed by atoms with van der Waals surface area (Å²) >= 11 is 0. The third-order valence-corrected chi connectivity index (χ3v) is 2.96. The topological polar surface area (TPSA) is 62.5 Å². The predicted molar refractivity (Wildman–Crippen MR) is 61.3 cm³/mol. The molecule has 1 aromatic heterocycles. The van der Waals surface area contributed by atoms with Crippen molar-refractivity contribution in [3.63, 3.8) is 0 Å². The molecule has 0 aliphatic carbocycles. The Morgan fingerprint density at radius 3 is 2.56 bits per heavy atom. The summed E-state index contributed by atoms with van der Waals surface area (Å²) < 4.78 is 5.06. The van der Waals surface area contributed by atoms with Gasteiger partial charge < -0.3 is 14.8 Å². The number of carbonyl (C=O) groups excluding carboxylic acids is 1. The molecule has 0 unspecified atom stereocenters. The highest BCUT2D eigenvalue weighted by Crippen LogP contribution is 2.14. The van der Waals surface area contributed by atoms with Gasteiger partial charge in [0.15, 0.2) is 5.76 Å². The van der Waals surface area contributed by atoms with Crippen LogP contribution >= 0.6 is 0 Å². The number of furan rings is 1. The Kier molecular flexibility index (Phi) is 4.12. The zero-order valence-electron chi connectivity index (χ0n) is 10.0. The Balaban J connectivity index is 2.57. The fourth-order valence-corrected chi connectivity index (χ4v) is 1.43. The lowest BCUT2D eigenvalue weighted by Crippen LogP contribution is -2.42. The van der Waals surface area contributed by atoms with Crippen molar-refractivity contribution in [2.24, 2.45) is 0 Å². The number of aliphatic hydroxyl groups is 1. The highest BCUT2D eigenvalue weighted by molar-refractivity contribution is 5.92. The Labute approximate surface area is 95.7 Å². The summed E-state index contributed by atoms with van der Waals surface area (Å²) in [7, 11) is 0. The molecule has 1 amide bonds. The Morgan fingerprint density at radius 1 is 1.50 bits per heavy atom. The summed E-state index contributed by atoms with van der Waals surface area (Å²) in [6, 6.07) is 1.74. The number of nitrogens with one attached hydrogen (secondary N) is 1. The van der Waals surface area contributed by atoms with Gasteiger partial charge in [-0.1, -0.05) is 13.8 Å². The van der Waals surface area contributed by atoms with Crippen molar-refractivity contribution < 1.29 is 14.3 Å². The summed E-state index contributed by atoms with van der Waals surface area (Å²) in [6.07, 6.45) is 2.71. The summed E-state index contributed by atoms with van der Waals surface area (Å²) in [5, 5.41) is 12.7. The van der Waals surface area contributed by atoms with Gasteiger partial charge in [-0.05, 0) is 25.8 Å². The average molecular weight is 225 g/mol. The van der Waals surface area contributed by atoms with Crippen LogP contribution in [0.25, 0.3) is 0 Å². The van der Waals surface area contributed by atoms with Crippen LogP contribution in [0.3, 0.4) is 0 Å². The minimum absolute atomic E-state index is 0.249. The van der Waals surface area contributed by atoms with E-state index in [1.807, 2.05) is 20.8 Å². The van der Waals surface area contributed by atoms with Gasteiger partial charge in [0, 0.05) is 12.1 Å². The van der Waals surface area contributed by atoms with Gasteiger partial charge in [0.05, 0.1) is 11.9 Å². The van der Waals surface area contributed by atoms with Crippen LogP contribution in [0.15, 0.2) is 16.7 Å². The molecule has 0 aliphatic heterocycles. The summed E-state index contributed by atoms with van der Waals surface area (Å²) in [5.74, 6) is 0.0392. The molecule has 0 bridgehead atoms. The molecular weight excluding hydrogens is 206 g/mol. The average Bonchev–Trinajstić information content (AvgIpc) is 2.72. The number of amides is 1. The highest BCUT2D eigenvalue weighted by atomic mass is 16.3. The maximum absolute atomic E-state index is 11.7. The first-order valence-corrected chi connectivity index (χ1v) is 5.57. The van der Waals surface area contributed by atoms with Crippen molar-refractivity contribution in [2.45, 2.75) is 39.2 Å². The maximum atomic E-state index is 11.7. The van der Waals surface area contributed by atoms with Crippen LogP contribution in [0.5, 0.6) is 0 Å². The monoisotopic (exact) mass is 225 g/mol. The van der Waals surface area contributed by atoms with Crippen LogP contribution in [0.1, 0.15) is 42.8 Å². The van der Waals surface area contributed by atoms with Crippen molar-refractivity contribution in [1.82, 2.24) is 5.32 Å². The van der Waals surface area contributed by atoms with Gasteiger partial charge in [-0.2, -0.15) is 0 Å². The van der Waals surface area contributed by atoms with Gasteiger partial charge in [-0.15, -0.1) is 0 Å². The second-order valence-corrected chi connectivity index (χ2v) is 4.05. The van der Waals surface area contributed by atoms with Crippen molar-refractivity contribution in [3.8, 4) is 0 Å². The van der Waals surface area contributed by atoms with Gasteiger partial charge in [-0.25, -0.2) is 0 Å². The molecule has 4 heteroatoms. The number of rotatable bonds is 5. The number of hydrogen-bond acceptors (Lipinski definition) is 3. The summed E-state index contributed by atoms with van der Waals surface area (Å²) in [6.45, 7) is 5.85. The van der Waals surface area contributed by atoms with Crippen LogP contribution in [0.4, 0.5) is 0 Å². The molecule has 0 atom stereocenters. The van der Waals surface area contributed by atoms with E-state index in [4.69, 9.17) is 4.42 Å². The fourth-order valence-electron chi connectivity index (χ4n) is 1.43. The van der Waals surface area contributed by atoms with Crippen LogP contribution in [0.2, 0.25) is 0 Å². The van der Waals surface area contributed by atoms with Crippen molar-refractivity contribution in [1.29, 1.82) is 0 Å². The van der Waals surface area contributed by atoms with Crippen LogP contribution in [-0.2, 0) is 0 Å².